The van der Waals surface area contributed by atoms with Gasteiger partial charge < -0.3 is 14.6 Å². The Hall–Kier alpha value is -1.98. The van der Waals surface area contributed by atoms with E-state index in [4.69, 9.17) is 27.9 Å². The van der Waals surface area contributed by atoms with E-state index < -0.39 is 12.5 Å². The number of aromatic amines is 1. The van der Waals surface area contributed by atoms with Crippen LogP contribution in [0.5, 0.6) is 5.75 Å². The number of hydrogen-bond donors (Lipinski definition) is 1. The Labute approximate surface area is 179 Å². The van der Waals surface area contributed by atoms with Crippen LogP contribution in [0.25, 0.3) is 10.9 Å². The first-order valence-corrected chi connectivity index (χ1v) is 10.4. The van der Waals surface area contributed by atoms with Crippen molar-refractivity contribution in [1.29, 1.82) is 0 Å². The lowest BCUT2D eigenvalue weighted by Gasteiger charge is -2.35. The Morgan fingerprint density at radius 3 is 2.76 bits per heavy atom. The highest BCUT2D eigenvalue weighted by Crippen LogP contribution is 2.32. The zero-order valence-electron chi connectivity index (χ0n) is 16.1. The fourth-order valence-electron chi connectivity index (χ4n) is 3.58. The van der Waals surface area contributed by atoms with Crippen LogP contribution in [-0.4, -0.2) is 36.3 Å². The summed E-state index contributed by atoms with van der Waals surface area (Å²) in [5.41, 5.74) is 1.22. The smallest absolute Gasteiger partial charge is 0.143 e. The van der Waals surface area contributed by atoms with Gasteiger partial charge in [-0.15, -0.1) is 0 Å². The number of likely N-dealkylation sites (tertiary alicyclic amines) is 1. The molecule has 7 heteroatoms. The molecule has 1 aliphatic heterocycles. The minimum Gasteiger partial charge on any atom is -0.493 e. The van der Waals surface area contributed by atoms with Gasteiger partial charge in [0, 0.05) is 36.1 Å². The molecule has 1 fully saturated rings. The second-order valence-corrected chi connectivity index (χ2v) is 7.86. The standard InChI is InChI=1S/C22H24Cl2F2N2O/c1-2-16(23)13-19(26)20(5-9-25)28-11-7-15(8-12-28)14-29-21-4-3-18(24)22-17(21)6-10-27-22/h2-4,6,10,13,15,27H,1,5,7-9,11-12,14H2/b16-13+,20-19-. The van der Waals surface area contributed by atoms with Crippen LogP contribution in [0.1, 0.15) is 19.3 Å². The predicted molar refractivity (Wildman–Crippen MR) is 116 cm³/mol. The van der Waals surface area contributed by atoms with Gasteiger partial charge in [0.15, 0.2) is 0 Å². The number of piperidine rings is 1. The number of H-pyrrole nitrogens is 1. The minimum absolute atomic E-state index is 0.0288. The Morgan fingerprint density at radius 2 is 2.07 bits per heavy atom. The molecule has 156 valence electrons. The number of ether oxygens (including phenoxy) is 1. The molecule has 0 aliphatic carbocycles. The molecule has 1 aromatic carbocycles. The van der Waals surface area contributed by atoms with E-state index in [1.165, 1.54) is 12.2 Å². The van der Waals surface area contributed by atoms with Crippen molar-refractivity contribution in [2.24, 2.45) is 5.92 Å². The number of benzene rings is 1. The van der Waals surface area contributed by atoms with E-state index in [0.29, 0.717) is 36.3 Å². The second kappa shape index (κ2) is 10.2. The lowest BCUT2D eigenvalue weighted by Crippen LogP contribution is -2.35. The molecular weight excluding hydrogens is 417 g/mol. The van der Waals surface area contributed by atoms with Crippen molar-refractivity contribution in [3.63, 3.8) is 0 Å². The molecule has 0 spiro atoms. The van der Waals surface area contributed by atoms with Gasteiger partial charge in [0.1, 0.15) is 11.6 Å². The number of allylic oxidation sites excluding steroid dienone is 5. The van der Waals surface area contributed by atoms with Crippen LogP contribution in [0.15, 0.2) is 59.7 Å². The Morgan fingerprint density at radius 1 is 1.31 bits per heavy atom. The molecule has 0 atom stereocenters. The van der Waals surface area contributed by atoms with Crippen molar-refractivity contribution >= 4 is 34.1 Å². The molecule has 0 bridgehead atoms. The monoisotopic (exact) mass is 440 g/mol. The summed E-state index contributed by atoms with van der Waals surface area (Å²) < 4.78 is 33.5. The average molecular weight is 441 g/mol. The van der Waals surface area contributed by atoms with Crippen LogP contribution >= 0.6 is 23.2 Å². The number of nitrogens with one attached hydrogen (secondary N) is 1. The van der Waals surface area contributed by atoms with Crippen LogP contribution in [0.3, 0.4) is 0 Å². The van der Waals surface area contributed by atoms with Gasteiger partial charge in [-0.05, 0) is 43.0 Å². The molecule has 1 aliphatic rings. The lowest BCUT2D eigenvalue weighted by molar-refractivity contribution is 0.159. The summed E-state index contributed by atoms with van der Waals surface area (Å²) in [6, 6.07) is 5.63. The summed E-state index contributed by atoms with van der Waals surface area (Å²) in [5, 5.41) is 1.81. The third-order valence-corrected chi connectivity index (χ3v) is 5.75. The zero-order chi connectivity index (χ0) is 20.8. The molecule has 0 unspecified atom stereocenters. The normalized spacial score (nSPS) is 16.8. The first-order chi connectivity index (χ1) is 14.0. The first-order valence-electron chi connectivity index (χ1n) is 9.61. The van der Waals surface area contributed by atoms with Crippen molar-refractivity contribution in [1.82, 2.24) is 9.88 Å². The highest BCUT2D eigenvalue weighted by atomic mass is 35.5. The summed E-state index contributed by atoms with van der Waals surface area (Å²) in [6.45, 7) is 4.76. The maximum atomic E-state index is 14.5. The summed E-state index contributed by atoms with van der Waals surface area (Å²) in [5.74, 6) is 0.637. The molecule has 1 saturated heterocycles. The van der Waals surface area contributed by atoms with Crippen LogP contribution in [0.2, 0.25) is 5.02 Å². The number of halogens is 4. The largest absolute Gasteiger partial charge is 0.493 e. The van der Waals surface area contributed by atoms with Crippen LogP contribution in [0.4, 0.5) is 8.78 Å². The van der Waals surface area contributed by atoms with Gasteiger partial charge in [-0.3, -0.25) is 4.39 Å². The summed E-state index contributed by atoms with van der Waals surface area (Å²) in [7, 11) is 0. The molecular formula is C22H24Cl2F2N2O. The van der Waals surface area contributed by atoms with Crippen LogP contribution in [0, 0.1) is 5.92 Å². The van der Waals surface area contributed by atoms with Gasteiger partial charge in [-0.1, -0.05) is 35.9 Å². The van der Waals surface area contributed by atoms with E-state index in [0.717, 1.165) is 29.5 Å². The molecule has 0 amide bonds. The first kappa shape index (κ1) is 21.7. The Balaban J connectivity index is 1.60. The summed E-state index contributed by atoms with van der Waals surface area (Å²) in [4.78, 5) is 5.02. The highest BCUT2D eigenvalue weighted by Gasteiger charge is 2.23. The third-order valence-electron chi connectivity index (χ3n) is 5.17. The van der Waals surface area contributed by atoms with Crippen molar-refractivity contribution < 1.29 is 13.5 Å². The van der Waals surface area contributed by atoms with E-state index >= 15 is 0 Å². The molecule has 29 heavy (non-hydrogen) atoms. The number of aromatic nitrogens is 1. The number of rotatable bonds is 8. The maximum Gasteiger partial charge on any atom is 0.143 e. The fourth-order valence-corrected chi connectivity index (χ4v) is 3.89. The van der Waals surface area contributed by atoms with Gasteiger partial charge in [-0.25, -0.2) is 4.39 Å². The Bertz CT molecular complexity index is 915. The van der Waals surface area contributed by atoms with Gasteiger partial charge in [-0.2, -0.15) is 0 Å². The Kier molecular flexibility index (Phi) is 7.62. The van der Waals surface area contributed by atoms with E-state index in [2.05, 4.69) is 11.6 Å². The molecule has 3 rings (SSSR count). The third kappa shape index (κ3) is 5.34. The number of nitrogens with zero attached hydrogens (tertiary/aromatic N) is 1. The molecule has 0 radical (unpaired) electrons. The quantitative estimate of drug-likeness (QED) is 0.459. The van der Waals surface area contributed by atoms with Crippen molar-refractivity contribution in [2.75, 3.05) is 26.4 Å². The van der Waals surface area contributed by atoms with Crippen molar-refractivity contribution in [2.45, 2.75) is 19.3 Å². The van der Waals surface area contributed by atoms with Crippen LogP contribution < -0.4 is 4.74 Å². The van der Waals surface area contributed by atoms with Gasteiger partial charge in [0.2, 0.25) is 0 Å². The topological polar surface area (TPSA) is 28.3 Å². The predicted octanol–water partition coefficient (Wildman–Crippen LogP) is 6.76. The number of hydrogen-bond acceptors (Lipinski definition) is 2. The minimum atomic E-state index is -0.616. The maximum absolute atomic E-state index is 14.5. The summed E-state index contributed by atoms with van der Waals surface area (Å²) >= 11 is 12.0. The highest BCUT2D eigenvalue weighted by molar-refractivity contribution is 6.35. The summed E-state index contributed by atoms with van der Waals surface area (Å²) in [6.07, 6.45) is 6.09. The molecule has 1 aromatic heterocycles. The molecule has 1 N–H and O–H groups in total. The molecule has 2 aromatic rings. The average Bonchev–Trinajstić information content (AvgIpc) is 3.23. The van der Waals surface area contributed by atoms with Crippen molar-refractivity contribution in [3.05, 3.63) is 64.7 Å². The van der Waals surface area contributed by atoms with Crippen LogP contribution in [-0.2, 0) is 0 Å². The molecule has 2 heterocycles. The van der Waals surface area contributed by atoms with Gasteiger partial charge in [0.25, 0.3) is 0 Å². The van der Waals surface area contributed by atoms with Gasteiger partial charge >= 0.3 is 0 Å². The molecule has 3 nitrogen and oxygen atoms in total. The lowest BCUT2D eigenvalue weighted by atomic mass is 9.97. The second-order valence-electron chi connectivity index (χ2n) is 7.02. The number of alkyl halides is 1. The van der Waals surface area contributed by atoms with E-state index in [1.54, 1.807) is 0 Å². The van der Waals surface area contributed by atoms with Crippen molar-refractivity contribution in [3.8, 4) is 5.75 Å². The molecule has 0 saturated carbocycles. The SMILES string of the molecule is C=C/C(Cl)=C\C(F)=C(/CCF)N1CCC(COc2ccc(Cl)c3[nH]ccc23)CC1. The van der Waals surface area contributed by atoms with E-state index in [1.807, 2.05) is 29.3 Å². The van der Waals surface area contributed by atoms with E-state index in [9.17, 15) is 8.78 Å². The fraction of sp³-hybridized carbons (Fsp3) is 0.364. The number of fused-ring (bicyclic) bond motifs is 1. The van der Waals surface area contributed by atoms with E-state index in [-0.39, 0.29) is 11.5 Å². The van der Waals surface area contributed by atoms with Gasteiger partial charge in [0.05, 0.1) is 29.5 Å². The zero-order valence-corrected chi connectivity index (χ0v) is 17.6.